The first-order chi connectivity index (χ1) is 13.7. The zero-order chi connectivity index (χ0) is 19.3. The van der Waals surface area contributed by atoms with Crippen LogP contribution in [0.25, 0.3) is 0 Å². The Morgan fingerprint density at radius 1 is 1.11 bits per heavy atom. The van der Waals surface area contributed by atoms with Crippen LogP contribution in [-0.4, -0.2) is 34.3 Å². The van der Waals surface area contributed by atoms with Gasteiger partial charge in [0.15, 0.2) is 0 Å². The first-order valence-electron chi connectivity index (χ1n) is 8.85. The van der Waals surface area contributed by atoms with Gasteiger partial charge >= 0.3 is 0 Å². The van der Waals surface area contributed by atoms with Gasteiger partial charge in [0.1, 0.15) is 5.01 Å². The lowest BCUT2D eigenvalue weighted by molar-refractivity contribution is -0.117. The van der Waals surface area contributed by atoms with Crippen LogP contribution >= 0.6 is 23.1 Å². The van der Waals surface area contributed by atoms with Gasteiger partial charge in [-0.05, 0) is 24.3 Å². The van der Waals surface area contributed by atoms with E-state index in [9.17, 15) is 9.59 Å². The number of hydrogen-bond acceptors (Lipinski definition) is 6. The maximum atomic E-state index is 12.4. The summed E-state index contributed by atoms with van der Waals surface area (Å²) >= 11 is 2.81. The molecule has 2 aromatic carbocycles. The minimum atomic E-state index is -0.120. The Bertz CT molecular complexity index is 963. The van der Waals surface area contributed by atoms with Gasteiger partial charge in [-0.2, -0.15) is 0 Å². The van der Waals surface area contributed by atoms with Crippen molar-refractivity contribution in [3.63, 3.8) is 0 Å². The fourth-order valence-electron chi connectivity index (χ4n) is 3.00. The highest BCUT2D eigenvalue weighted by Crippen LogP contribution is 2.34. The summed E-state index contributed by atoms with van der Waals surface area (Å²) in [4.78, 5) is 27.3. The molecule has 1 saturated heterocycles. The molecule has 2 amide bonds. The lowest BCUT2D eigenvalue weighted by Gasteiger charge is -2.15. The van der Waals surface area contributed by atoms with Crippen molar-refractivity contribution < 1.29 is 9.59 Å². The molecule has 1 aliphatic heterocycles. The molecule has 28 heavy (non-hydrogen) atoms. The molecular formula is C20H18N4O2S2. The van der Waals surface area contributed by atoms with Gasteiger partial charge in [0.25, 0.3) is 0 Å². The molecule has 142 valence electrons. The number of amides is 2. The third kappa shape index (κ3) is 4.40. The molecule has 0 radical (unpaired) electrons. The Balaban J connectivity index is 1.34. The summed E-state index contributed by atoms with van der Waals surface area (Å²) in [5.74, 6) is 0.263. The Morgan fingerprint density at radius 3 is 2.57 bits per heavy atom. The standard InChI is InChI=1S/C20H18N4O2S2/c25-17(13-27-16-9-5-2-6-10-16)21-20-23-22-19(28-20)14-11-18(26)24(12-14)15-7-3-1-4-8-15/h1-10,14H,11-13H2,(H,21,23,25)/t14-/m0/s1. The number of carbonyl (C=O) groups is 2. The molecule has 0 saturated carbocycles. The number of nitrogens with zero attached hydrogens (tertiary/aromatic N) is 3. The lowest BCUT2D eigenvalue weighted by Crippen LogP contribution is -2.24. The second-order valence-electron chi connectivity index (χ2n) is 6.34. The molecule has 0 bridgehead atoms. The predicted molar refractivity (Wildman–Crippen MR) is 112 cm³/mol. The highest BCUT2D eigenvalue weighted by atomic mass is 32.2. The van der Waals surface area contributed by atoms with Crippen LogP contribution in [-0.2, 0) is 9.59 Å². The third-order valence-corrected chi connectivity index (χ3v) is 6.36. The van der Waals surface area contributed by atoms with Crippen molar-refractivity contribution in [2.75, 3.05) is 22.5 Å². The summed E-state index contributed by atoms with van der Waals surface area (Å²) < 4.78 is 0. The third-order valence-electron chi connectivity index (χ3n) is 4.34. The Kier molecular flexibility index (Phi) is 5.68. The van der Waals surface area contributed by atoms with Crippen LogP contribution in [0.2, 0.25) is 0 Å². The van der Waals surface area contributed by atoms with Gasteiger partial charge in [0.05, 0.1) is 5.75 Å². The van der Waals surface area contributed by atoms with Crippen molar-refractivity contribution in [1.29, 1.82) is 0 Å². The van der Waals surface area contributed by atoms with Crippen LogP contribution in [0.15, 0.2) is 65.6 Å². The molecule has 1 atom stereocenters. The van der Waals surface area contributed by atoms with E-state index < -0.39 is 0 Å². The van der Waals surface area contributed by atoms with E-state index in [2.05, 4.69) is 15.5 Å². The molecule has 8 heteroatoms. The molecule has 2 heterocycles. The van der Waals surface area contributed by atoms with Gasteiger partial charge in [-0.3, -0.25) is 14.9 Å². The number of benzene rings is 2. The number of para-hydroxylation sites is 1. The van der Waals surface area contributed by atoms with Crippen LogP contribution < -0.4 is 10.2 Å². The van der Waals surface area contributed by atoms with E-state index in [1.165, 1.54) is 23.1 Å². The van der Waals surface area contributed by atoms with Crippen LogP contribution in [0, 0.1) is 0 Å². The van der Waals surface area contributed by atoms with Gasteiger partial charge < -0.3 is 4.90 Å². The summed E-state index contributed by atoms with van der Waals surface area (Å²) in [6.07, 6.45) is 0.404. The quantitative estimate of drug-likeness (QED) is 0.626. The van der Waals surface area contributed by atoms with Crippen molar-refractivity contribution in [3.8, 4) is 0 Å². The van der Waals surface area contributed by atoms with Gasteiger partial charge in [-0.15, -0.1) is 22.0 Å². The van der Waals surface area contributed by atoms with Crippen molar-refractivity contribution >= 4 is 45.7 Å². The number of thioether (sulfide) groups is 1. The average molecular weight is 411 g/mol. The smallest absolute Gasteiger partial charge is 0.236 e. The molecule has 0 aliphatic carbocycles. The summed E-state index contributed by atoms with van der Waals surface area (Å²) in [6.45, 7) is 0.579. The normalized spacial score (nSPS) is 16.4. The second kappa shape index (κ2) is 8.53. The Hall–Kier alpha value is -2.71. The number of nitrogens with one attached hydrogen (secondary N) is 1. The summed E-state index contributed by atoms with van der Waals surface area (Å²) in [5.41, 5.74) is 0.894. The first kappa shape index (κ1) is 18.6. The van der Waals surface area contributed by atoms with E-state index >= 15 is 0 Å². The number of aromatic nitrogens is 2. The Labute approximate surface area is 171 Å². The van der Waals surface area contributed by atoms with Gasteiger partial charge in [0, 0.05) is 29.5 Å². The molecule has 0 unspecified atom stereocenters. The molecule has 3 aromatic rings. The minimum absolute atomic E-state index is 0.00504. The number of carbonyl (C=O) groups excluding carboxylic acids is 2. The molecule has 0 spiro atoms. The highest BCUT2D eigenvalue weighted by molar-refractivity contribution is 8.00. The van der Waals surface area contributed by atoms with Crippen LogP contribution in [0.1, 0.15) is 17.3 Å². The van der Waals surface area contributed by atoms with Crippen LogP contribution in [0.3, 0.4) is 0 Å². The molecular weight excluding hydrogens is 392 g/mol. The Morgan fingerprint density at radius 2 is 1.82 bits per heavy atom. The molecule has 1 aliphatic rings. The van der Waals surface area contributed by atoms with Crippen LogP contribution in [0.4, 0.5) is 10.8 Å². The minimum Gasteiger partial charge on any atom is -0.312 e. The van der Waals surface area contributed by atoms with Crippen molar-refractivity contribution in [2.24, 2.45) is 0 Å². The number of hydrogen-bond donors (Lipinski definition) is 1. The predicted octanol–water partition coefficient (Wildman–Crippen LogP) is 3.79. The zero-order valence-corrected chi connectivity index (χ0v) is 16.6. The number of rotatable bonds is 6. The molecule has 1 aromatic heterocycles. The number of anilines is 2. The molecule has 4 rings (SSSR count). The van der Waals surface area contributed by atoms with E-state index in [4.69, 9.17) is 0 Å². The summed E-state index contributed by atoms with van der Waals surface area (Å²) in [6, 6.07) is 19.4. The summed E-state index contributed by atoms with van der Waals surface area (Å²) in [7, 11) is 0. The SMILES string of the molecule is O=C(CSc1ccccc1)Nc1nnc([C@H]2CC(=O)N(c3ccccc3)C2)s1. The summed E-state index contributed by atoms with van der Waals surface area (Å²) in [5, 5.41) is 12.3. The van der Waals surface area contributed by atoms with Crippen molar-refractivity contribution in [1.82, 2.24) is 10.2 Å². The highest BCUT2D eigenvalue weighted by Gasteiger charge is 2.33. The van der Waals surface area contributed by atoms with Crippen LogP contribution in [0.5, 0.6) is 0 Å². The molecule has 1 fully saturated rings. The van der Waals surface area contributed by atoms with Crippen molar-refractivity contribution in [3.05, 3.63) is 65.7 Å². The van der Waals surface area contributed by atoms with Gasteiger partial charge in [-0.1, -0.05) is 47.7 Å². The average Bonchev–Trinajstić information content (AvgIpc) is 3.34. The van der Waals surface area contributed by atoms with E-state index in [1.54, 1.807) is 4.90 Å². The van der Waals surface area contributed by atoms with E-state index in [0.29, 0.717) is 23.8 Å². The lowest BCUT2D eigenvalue weighted by atomic mass is 10.1. The van der Waals surface area contributed by atoms with Gasteiger partial charge in [0.2, 0.25) is 16.9 Å². The fourth-order valence-corrected chi connectivity index (χ4v) is 4.57. The maximum Gasteiger partial charge on any atom is 0.236 e. The van der Waals surface area contributed by atoms with E-state index in [0.717, 1.165) is 15.6 Å². The fraction of sp³-hybridized carbons (Fsp3) is 0.200. The van der Waals surface area contributed by atoms with E-state index in [1.807, 2.05) is 60.7 Å². The second-order valence-corrected chi connectivity index (χ2v) is 8.39. The monoisotopic (exact) mass is 410 g/mol. The van der Waals surface area contributed by atoms with Gasteiger partial charge in [-0.25, -0.2) is 0 Å². The van der Waals surface area contributed by atoms with E-state index in [-0.39, 0.29) is 17.7 Å². The topological polar surface area (TPSA) is 75.2 Å². The molecule has 1 N–H and O–H groups in total. The van der Waals surface area contributed by atoms with Crippen molar-refractivity contribution in [2.45, 2.75) is 17.2 Å². The largest absolute Gasteiger partial charge is 0.312 e. The first-order valence-corrected chi connectivity index (χ1v) is 10.7. The molecule has 6 nitrogen and oxygen atoms in total. The maximum absolute atomic E-state index is 12.4. The zero-order valence-electron chi connectivity index (χ0n) is 14.9.